The van der Waals surface area contributed by atoms with Gasteiger partial charge in [-0.1, -0.05) is 28.1 Å². The molecule has 0 spiro atoms. The molecule has 0 saturated carbocycles. The second-order valence-electron chi connectivity index (χ2n) is 6.83. The van der Waals surface area contributed by atoms with Crippen molar-refractivity contribution >= 4 is 79.3 Å². The lowest BCUT2D eigenvalue weighted by Crippen LogP contribution is -2.33. The predicted molar refractivity (Wildman–Crippen MR) is 139 cm³/mol. The molecule has 2 aromatic rings. The Morgan fingerprint density at radius 3 is 2.50 bits per heavy atom. The zero-order valence-electron chi connectivity index (χ0n) is 18.1. The van der Waals surface area contributed by atoms with Crippen LogP contribution in [0, 0.1) is 3.57 Å². The number of methoxy groups -OCH3 is 1. The molecule has 0 radical (unpaired) electrons. The van der Waals surface area contributed by atoms with Crippen LogP contribution in [0.1, 0.15) is 22.8 Å². The molecule has 2 aromatic carbocycles. The molecule has 1 fully saturated rings. The first-order valence-electron chi connectivity index (χ1n) is 9.93. The summed E-state index contributed by atoms with van der Waals surface area (Å²) in [5, 5.41) is -0.514. The van der Waals surface area contributed by atoms with Gasteiger partial charge in [-0.25, -0.2) is 4.79 Å². The maximum absolute atomic E-state index is 12.9. The Morgan fingerprint density at radius 1 is 1.15 bits per heavy atom. The van der Waals surface area contributed by atoms with E-state index in [1.165, 1.54) is 7.11 Å². The monoisotopic (exact) mass is 659 g/mol. The third-order valence-electron chi connectivity index (χ3n) is 4.53. The van der Waals surface area contributed by atoms with Gasteiger partial charge in [0.1, 0.15) is 0 Å². The number of halogens is 2. The van der Waals surface area contributed by atoms with Crippen LogP contribution < -0.4 is 9.47 Å². The highest BCUT2D eigenvalue weighted by Gasteiger charge is 2.36. The summed E-state index contributed by atoms with van der Waals surface area (Å²) in [6.45, 7) is 1.53. The van der Waals surface area contributed by atoms with E-state index in [2.05, 4.69) is 20.7 Å². The fourth-order valence-corrected chi connectivity index (χ4v) is 4.81. The number of Topliss-reactive ketones (excluding diaryl/α,β-unsaturated/α-hetero) is 1. The van der Waals surface area contributed by atoms with Crippen LogP contribution in [0.5, 0.6) is 11.5 Å². The number of hydrogen-bond donors (Lipinski definition) is 0. The Balaban J connectivity index is 1.81. The molecule has 34 heavy (non-hydrogen) atoms. The smallest absolute Gasteiger partial charge is 0.343 e. The van der Waals surface area contributed by atoms with Gasteiger partial charge >= 0.3 is 5.97 Å². The number of esters is 1. The first kappa shape index (κ1) is 26.2. The highest BCUT2D eigenvalue weighted by molar-refractivity contribution is 14.1. The molecular weight excluding hydrogens is 641 g/mol. The topological polar surface area (TPSA) is 99.2 Å². The van der Waals surface area contributed by atoms with E-state index in [1.807, 2.05) is 22.6 Å². The van der Waals surface area contributed by atoms with Crippen molar-refractivity contribution in [3.05, 3.63) is 60.5 Å². The summed E-state index contributed by atoms with van der Waals surface area (Å²) < 4.78 is 17.2. The molecular formula is C23H19BrINO7S. The normalized spacial score (nSPS) is 14.5. The van der Waals surface area contributed by atoms with Crippen molar-refractivity contribution in [1.82, 2.24) is 4.90 Å². The van der Waals surface area contributed by atoms with Crippen molar-refractivity contribution in [2.24, 2.45) is 0 Å². The van der Waals surface area contributed by atoms with Crippen LogP contribution in [0.15, 0.2) is 45.8 Å². The molecule has 178 valence electrons. The van der Waals surface area contributed by atoms with Gasteiger partial charge in [-0.3, -0.25) is 19.3 Å². The Morgan fingerprint density at radius 2 is 1.85 bits per heavy atom. The summed E-state index contributed by atoms with van der Waals surface area (Å²) in [7, 11) is 1.27. The maximum atomic E-state index is 12.9. The number of carbonyl (C=O) groups excluding carboxylic acids is 4. The highest BCUT2D eigenvalue weighted by Crippen LogP contribution is 2.37. The van der Waals surface area contributed by atoms with E-state index in [0.29, 0.717) is 32.8 Å². The molecule has 1 heterocycles. The van der Waals surface area contributed by atoms with Crippen molar-refractivity contribution in [3.63, 3.8) is 0 Å². The molecule has 1 aliphatic heterocycles. The average molecular weight is 660 g/mol. The van der Waals surface area contributed by atoms with Gasteiger partial charge in [-0.15, -0.1) is 0 Å². The van der Waals surface area contributed by atoms with Crippen LogP contribution in [0.2, 0.25) is 0 Å². The minimum atomic E-state index is -0.542. The van der Waals surface area contributed by atoms with Crippen LogP contribution in [-0.2, 0) is 14.3 Å². The number of nitrogens with zero attached hydrogens (tertiary/aromatic N) is 1. The summed E-state index contributed by atoms with van der Waals surface area (Å²) in [5.41, 5.74) is 1.01. The number of hydrogen-bond acceptors (Lipinski definition) is 8. The third kappa shape index (κ3) is 6.39. The fraction of sp³-hybridized carbons (Fsp3) is 0.217. The number of ether oxygens (including phenoxy) is 3. The first-order valence-corrected chi connectivity index (χ1v) is 12.6. The van der Waals surface area contributed by atoms with Crippen molar-refractivity contribution in [2.45, 2.75) is 6.92 Å². The zero-order chi connectivity index (χ0) is 24.8. The molecule has 0 aliphatic carbocycles. The SMILES string of the molecule is CCOc1cc(/C=C2/SC(=O)N(CC(=O)c3ccc(Br)cc3)C2=O)cc(I)c1OCC(=O)OC. The second kappa shape index (κ2) is 11.8. The Labute approximate surface area is 222 Å². The van der Waals surface area contributed by atoms with E-state index in [0.717, 1.165) is 21.1 Å². The molecule has 11 heteroatoms. The van der Waals surface area contributed by atoms with Gasteiger partial charge in [-0.05, 0) is 77.2 Å². The average Bonchev–Trinajstić information content (AvgIpc) is 3.06. The molecule has 3 rings (SSSR count). The lowest BCUT2D eigenvalue weighted by atomic mass is 10.1. The summed E-state index contributed by atoms with van der Waals surface area (Å²) in [6, 6.07) is 10.1. The van der Waals surface area contributed by atoms with E-state index in [1.54, 1.807) is 49.4 Å². The molecule has 0 unspecified atom stereocenters. The summed E-state index contributed by atoms with van der Waals surface area (Å²) in [5.74, 6) is -0.656. The molecule has 0 N–H and O–H groups in total. The van der Waals surface area contributed by atoms with E-state index in [9.17, 15) is 19.2 Å². The van der Waals surface area contributed by atoms with Gasteiger partial charge in [-0.2, -0.15) is 0 Å². The standard InChI is InChI=1S/C23H19BrINO7S/c1-3-32-18-9-13(8-16(25)21(18)33-12-20(28)31-2)10-19-22(29)26(23(30)34-19)11-17(27)14-4-6-15(24)7-5-14/h4-10H,3,11-12H2,1-2H3/b19-10+. The minimum absolute atomic E-state index is 0.190. The zero-order valence-corrected chi connectivity index (χ0v) is 22.7. The largest absolute Gasteiger partial charge is 0.490 e. The van der Waals surface area contributed by atoms with Crippen LogP contribution in [0.25, 0.3) is 6.08 Å². The number of rotatable bonds is 9. The highest BCUT2D eigenvalue weighted by atomic mass is 127. The van der Waals surface area contributed by atoms with Gasteiger partial charge in [0.25, 0.3) is 11.1 Å². The molecule has 2 amide bonds. The minimum Gasteiger partial charge on any atom is -0.490 e. The lowest BCUT2D eigenvalue weighted by Gasteiger charge is -2.14. The summed E-state index contributed by atoms with van der Waals surface area (Å²) >= 11 is 6.10. The van der Waals surface area contributed by atoms with E-state index in [4.69, 9.17) is 9.47 Å². The van der Waals surface area contributed by atoms with Crippen LogP contribution in [0.3, 0.4) is 0 Å². The molecule has 8 nitrogen and oxygen atoms in total. The third-order valence-corrected chi connectivity index (χ3v) is 6.77. The Kier molecular flexibility index (Phi) is 9.14. The molecule has 1 aliphatic rings. The number of ketones is 1. The van der Waals surface area contributed by atoms with E-state index >= 15 is 0 Å². The van der Waals surface area contributed by atoms with Gasteiger partial charge in [0, 0.05) is 10.0 Å². The predicted octanol–water partition coefficient (Wildman–Crippen LogP) is 4.92. The molecule has 0 bridgehead atoms. The van der Waals surface area contributed by atoms with Crippen molar-refractivity contribution < 1.29 is 33.4 Å². The van der Waals surface area contributed by atoms with Crippen LogP contribution in [-0.4, -0.2) is 54.7 Å². The maximum Gasteiger partial charge on any atom is 0.343 e. The van der Waals surface area contributed by atoms with Crippen molar-refractivity contribution in [1.29, 1.82) is 0 Å². The second-order valence-corrected chi connectivity index (χ2v) is 9.90. The number of imide groups is 1. The lowest BCUT2D eigenvalue weighted by molar-refractivity contribution is -0.143. The number of thioether (sulfide) groups is 1. The summed E-state index contributed by atoms with van der Waals surface area (Å²) in [4.78, 5) is 50.4. The van der Waals surface area contributed by atoms with Gasteiger partial charge in [0.15, 0.2) is 23.9 Å². The van der Waals surface area contributed by atoms with Gasteiger partial charge in [0.05, 0.1) is 28.7 Å². The first-order chi connectivity index (χ1) is 16.2. The fourth-order valence-electron chi connectivity index (χ4n) is 2.92. The Hall–Kier alpha value is -2.38. The number of benzene rings is 2. The van der Waals surface area contributed by atoms with Gasteiger partial charge in [0.2, 0.25) is 0 Å². The van der Waals surface area contributed by atoms with Crippen LogP contribution >= 0.6 is 50.3 Å². The summed E-state index contributed by atoms with van der Waals surface area (Å²) in [6.07, 6.45) is 1.56. The molecule has 0 atom stereocenters. The quantitative estimate of drug-likeness (QED) is 0.162. The number of amides is 2. The van der Waals surface area contributed by atoms with E-state index < -0.39 is 17.1 Å². The van der Waals surface area contributed by atoms with E-state index in [-0.39, 0.29) is 23.8 Å². The Bertz CT molecular complexity index is 1170. The molecule has 0 aromatic heterocycles. The number of carbonyl (C=O) groups is 4. The van der Waals surface area contributed by atoms with Crippen molar-refractivity contribution in [2.75, 3.05) is 26.9 Å². The molecule has 1 saturated heterocycles. The van der Waals surface area contributed by atoms with Crippen LogP contribution in [0.4, 0.5) is 4.79 Å². The van der Waals surface area contributed by atoms with Gasteiger partial charge < -0.3 is 14.2 Å². The van der Waals surface area contributed by atoms with Crippen molar-refractivity contribution in [3.8, 4) is 11.5 Å².